The number of primary amides is 1. The smallest absolute Gasteiger partial charge is 0.377 e. The molecule has 1 saturated heterocycles. The van der Waals surface area contributed by atoms with Gasteiger partial charge in [0.2, 0.25) is 5.91 Å². The summed E-state index contributed by atoms with van der Waals surface area (Å²) in [7, 11) is 0. The van der Waals surface area contributed by atoms with Gasteiger partial charge in [0.05, 0.1) is 17.6 Å². The highest BCUT2D eigenvalue weighted by atomic mass is 19.4. The van der Waals surface area contributed by atoms with Gasteiger partial charge in [-0.25, -0.2) is 0 Å². The van der Waals surface area contributed by atoms with Gasteiger partial charge in [-0.05, 0) is 38.5 Å². The van der Waals surface area contributed by atoms with Gasteiger partial charge in [-0.2, -0.15) is 13.2 Å². The predicted octanol–water partition coefficient (Wildman–Crippen LogP) is 1.73. The number of rotatable bonds is 4. The number of carbonyl (C=O) groups is 1. The number of ether oxygens (including phenoxy) is 1. The number of alkyl halides is 3. The molecule has 1 heterocycles. The zero-order valence-electron chi connectivity index (χ0n) is 11.3. The van der Waals surface area contributed by atoms with Gasteiger partial charge < -0.3 is 15.8 Å². The van der Waals surface area contributed by atoms with E-state index in [4.69, 9.17) is 10.5 Å². The molecule has 1 aliphatic carbocycles. The number of hydrogen-bond acceptors (Lipinski definition) is 3. The molecule has 7 heteroatoms. The Morgan fingerprint density at radius 3 is 2.40 bits per heavy atom. The second-order valence-electron chi connectivity index (χ2n) is 5.78. The van der Waals surface area contributed by atoms with Gasteiger partial charge in [0.15, 0.2) is 0 Å². The van der Waals surface area contributed by atoms with Crippen molar-refractivity contribution in [2.24, 2.45) is 11.7 Å². The molecule has 2 rings (SSSR count). The van der Waals surface area contributed by atoms with E-state index in [2.05, 4.69) is 5.32 Å². The first-order chi connectivity index (χ1) is 9.33. The quantitative estimate of drug-likeness (QED) is 0.830. The maximum atomic E-state index is 12.7. The summed E-state index contributed by atoms with van der Waals surface area (Å²) in [5, 5.41) is 3.08. The van der Waals surface area contributed by atoms with E-state index >= 15 is 0 Å². The topological polar surface area (TPSA) is 64.4 Å². The monoisotopic (exact) mass is 294 g/mol. The van der Waals surface area contributed by atoms with Crippen molar-refractivity contribution in [2.75, 3.05) is 13.2 Å². The van der Waals surface area contributed by atoms with Crippen LogP contribution < -0.4 is 11.1 Å². The van der Waals surface area contributed by atoms with E-state index in [1.807, 2.05) is 0 Å². The second-order valence-corrected chi connectivity index (χ2v) is 5.78. The Labute approximate surface area is 116 Å². The number of amides is 1. The molecular weight excluding hydrogens is 273 g/mol. The van der Waals surface area contributed by atoms with Crippen LogP contribution in [0.1, 0.15) is 38.5 Å². The molecule has 116 valence electrons. The molecule has 4 nitrogen and oxygen atoms in total. The fourth-order valence-corrected chi connectivity index (χ4v) is 3.06. The third-order valence-corrected chi connectivity index (χ3v) is 4.47. The largest absolute Gasteiger partial charge is 0.391 e. The Morgan fingerprint density at radius 2 is 1.95 bits per heavy atom. The number of halogens is 3. The third kappa shape index (κ3) is 3.44. The molecular formula is C13H21F3N2O2. The summed E-state index contributed by atoms with van der Waals surface area (Å²) < 4.78 is 43.5. The minimum absolute atomic E-state index is 0.0339. The van der Waals surface area contributed by atoms with Crippen LogP contribution in [-0.2, 0) is 9.53 Å². The number of nitrogens with one attached hydrogen (secondary N) is 1. The first kappa shape index (κ1) is 15.6. The lowest BCUT2D eigenvalue weighted by Gasteiger charge is -2.39. The van der Waals surface area contributed by atoms with Crippen LogP contribution >= 0.6 is 0 Å². The lowest BCUT2D eigenvalue weighted by Crippen LogP contribution is -2.59. The Balaban J connectivity index is 1.92. The van der Waals surface area contributed by atoms with Gasteiger partial charge in [0.25, 0.3) is 0 Å². The van der Waals surface area contributed by atoms with E-state index in [-0.39, 0.29) is 31.8 Å². The van der Waals surface area contributed by atoms with E-state index in [0.29, 0.717) is 13.2 Å². The van der Waals surface area contributed by atoms with E-state index in [0.717, 1.165) is 12.8 Å². The molecule has 0 aromatic carbocycles. The molecule has 3 N–H and O–H groups in total. The van der Waals surface area contributed by atoms with Crippen LogP contribution in [0.2, 0.25) is 0 Å². The van der Waals surface area contributed by atoms with Gasteiger partial charge in [-0.15, -0.1) is 0 Å². The summed E-state index contributed by atoms with van der Waals surface area (Å²) in [5.41, 5.74) is 4.41. The molecule has 1 unspecified atom stereocenters. The van der Waals surface area contributed by atoms with E-state index in [9.17, 15) is 18.0 Å². The number of carbonyl (C=O) groups excluding carboxylic acids is 1. The summed E-state index contributed by atoms with van der Waals surface area (Å²) in [6, 6.07) is 0. The van der Waals surface area contributed by atoms with Crippen molar-refractivity contribution < 1.29 is 22.7 Å². The lowest BCUT2D eigenvalue weighted by molar-refractivity contribution is -0.186. The normalized spacial score (nSPS) is 35.1. The summed E-state index contributed by atoms with van der Waals surface area (Å²) in [4.78, 5) is 11.7. The minimum Gasteiger partial charge on any atom is -0.377 e. The second kappa shape index (κ2) is 5.89. The highest BCUT2D eigenvalue weighted by Gasteiger charge is 2.48. The molecule has 0 spiro atoms. The van der Waals surface area contributed by atoms with Gasteiger partial charge in [0.1, 0.15) is 0 Å². The van der Waals surface area contributed by atoms with Crippen LogP contribution in [0.3, 0.4) is 0 Å². The minimum atomic E-state index is -4.18. The number of hydrogen-bond donors (Lipinski definition) is 2. The Hall–Kier alpha value is -0.820. The maximum absolute atomic E-state index is 12.7. The zero-order valence-corrected chi connectivity index (χ0v) is 11.3. The van der Waals surface area contributed by atoms with Crippen LogP contribution in [-0.4, -0.2) is 36.9 Å². The van der Waals surface area contributed by atoms with Crippen LogP contribution in [0, 0.1) is 5.92 Å². The molecule has 1 saturated carbocycles. The van der Waals surface area contributed by atoms with Gasteiger partial charge in [0, 0.05) is 13.2 Å². The average molecular weight is 294 g/mol. The van der Waals surface area contributed by atoms with E-state index < -0.39 is 23.5 Å². The molecule has 2 fully saturated rings. The molecule has 0 aromatic rings. The third-order valence-electron chi connectivity index (χ3n) is 4.47. The van der Waals surface area contributed by atoms with Gasteiger partial charge in [-0.3, -0.25) is 4.79 Å². The van der Waals surface area contributed by atoms with Crippen molar-refractivity contribution in [3.63, 3.8) is 0 Å². The molecule has 1 atom stereocenters. The zero-order chi connectivity index (χ0) is 14.8. The molecule has 20 heavy (non-hydrogen) atoms. The molecule has 0 bridgehead atoms. The standard InChI is InChI=1S/C13H21F3N2O2/c14-13(15,16)9-3-5-12(6-4-9,11(17)19)18-8-10-2-1-7-20-10/h9-10,18H,1-8H2,(H2,17,19). The summed E-state index contributed by atoms with van der Waals surface area (Å²) >= 11 is 0. The molecule has 0 aromatic heterocycles. The summed E-state index contributed by atoms with van der Waals surface area (Å²) in [5.74, 6) is -1.88. The van der Waals surface area contributed by atoms with Crippen molar-refractivity contribution in [3.8, 4) is 0 Å². The molecule has 1 aliphatic heterocycles. The first-order valence-corrected chi connectivity index (χ1v) is 7.07. The Bertz CT molecular complexity index is 346. The highest BCUT2D eigenvalue weighted by molar-refractivity contribution is 5.84. The predicted molar refractivity (Wildman–Crippen MR) is 66.9 cm³/mol. The Kier molecular flexibility index (Phi) is 4.59. The van der Waals surface area contributed by atoms with Crippen molar-refractivity contribution in [1.82, 2.24) is 5.32 Å². The lowest BCUT2D eigenvalue weighted by atomic mass is 9.75. The van der Waals surface area contributed by atoms with Crippen LogP contribution in [0.15, 0.2) is 0 Å². The van der Waals surface area contributed by atoms with Gasteiger partial charge in [-0.1, -0.05) is 0 Å². The highest BCUT2D eigenvalue weighted by Crippen LogP contribution is 2.41. The fourth-order valence-electron chi connectivity index (χ4n) is 3.06. The van der Waals surface area contributed by atoms with Crippen molar-refractivity contribution >= 4 is 5.91 Å². The fraction of sp³-hybridized carbons (Fsp3) is 0.923. The van der Waals surface area contributed by atoms with Crippen LogP contribution in [0.5, 0.6) is 0 Å². The summed E-state index contributed by atoms with van der Waals surface area (Å²) in [6.07, 6.45) is -2.09. The van der Waals surface area contributed by atoms with Crippen LogP contribution in [0.25, 0.3) is 0 Å². The average Bonchev–Trinajstić information content (AvgIpc) is 2.88. The molecule has 2 aliphatic rings. The van der Waals surface area contributed by atoms with Gasteiger partial charge >= 0.3 is 6.18 Å². The SMILES string of the molecule is NC(=O)C1(NCC2CCCO2)CCC(C(F)(F)F)CC1. The van der Waals surface area contributed by atoms with E-state index in [1.165, 1.54) is 0 Å². The Morgan fingerprint density at radius 1 is 1.30 bits per heavy atom. The van der Waals surface area contributed by atoms with Crippen molar-refractivity contribution in [1.29, 1.82) is 0 Å². The van der Waals surface area contributed by atoms with Crippen molar-refractivity contribution in [3.05, 3.63) is 0 Å². The van der Waals surface area contributed by atoms with Crippen LogP contribution in [0.4, 0.5) is 13.2 Å². The summed E-state index contributed by atoms with van der Waals surface area (Å²) in [6.45, 7) is 1.17. The van der Waals surface area contributed by atoms with E-state index in [1.54, 1.807) is 0 Å². The number of nitrogens with two attached hydrogens (primary N) is 1. The molecule has 1 amide bonds. The molecule has 0 radical (unpaired) electrons. The maximum Gasteiger partial charge on any atom is 0.391 e. The van der Waals surface area contributed by atoms with Crippen molar-refractivity contribution in [2.45, 2.75) is 56.3 Å². The first-order valence-electron chi connectivity index (χ1n) is 7.07.